The Morgan fingerprint density at radius 2 is 2.00 bits per heavy atom. The van der Waals surface area contributed by atoms with Crippen LogP contribution in [-0.4, -0.2) is 31.7 Å². The van der Waals surface area contributed by atoms with Crippen LogP contribution in [0.5, 0.6) is 5.88 Å². The highest BCUT2D eigenvalue weighted by Gasteiger charge is 2.18. The van der Waals surface area contributed by atoms with Crippen molar-refractivity contribution in [3.8, 4) is 5.88 Å². The van der Waals surface area contributed by atoms with E-state index in [-0.39, 0.29) is 0 Å². The summed E-state index contributed by atoms with van der Waals surface area (Å²) in [5, 5.41) is 8.49. The first kappa shape index (κ1) is 12.8. The topological polar surface area (TPSA) is 65.2 Å². The molecule has 6 heteroatoms. The Balaban J connectivity index is 2.43. The van der Waals surface area contributed by atoms with Gasteiger partial charge in [0.05, 0.1) is 12.8 Å². The number of imidazole rings is 1. The van der Waals surface area contributed by atoms with Gasteiger partial charge in [-0.05, 0) is 19.4 Å². The first-order chi connectivity index (χ1) is 9.65. The number of rotatable bonds is 3. The summed E-state index contributed by atoms with van der Waals surface area (Å²) in [5.41, 5.74) is 3.11. The summed E-state index contributed by atoms with van der Waals surface area (Å²) in [5.74, 6) is 1.87. The summed E-state index contributed by atoms with van der Waals surface area (Å²) >= 11 is 0. The van der Waals surface area contributed by atoms with Crippen molar-refractivity contribution in [3.63, 3.8) is 0 Å². The second kappa shape index (κ2) is 4.70. The molecule has 0 saturated carbocycles. The number of fused-ring (bicyclic) bond motifs is 3. The second-order valence-electron chi connectivity index (χ2n) is 4.92. The molecule has 0 amide bonds. The van der Waals surface area contributed by atoms with E-state index in [9.17, 15) is 0 Å². The highest BCUT2D eigenvalue weighted by molar-refractivity contribution is 5.74. The number of ether oxygens (including phenoxy) is 1. The average Bonchev–Trinajstić information content (AvgIpc) is 2.83. The Morgan fingerprint density at radius 3 is 2.70 bits per heavy atom. The summed E-state index contributed by atoms with van der Waals surface area (Å²) in [7, 11) is 1.61. The highest BCUT2D eigenvalue weighted by atomic mass is 16.5. The predicted molar refractivity (Wildman–Crippen MR) is 76.1 cm³/mol. The lowest BCUT2D eigenvalue weighted by Crippen LogP contribution is -2.04. The molecule has 0 fully saturated rings. The third-order valence-corrected chi connectivity index (χ3v) is 3.60. The molecule has 3 aromatic heterocycles. The van der Waals surface area contributed by atoms with E-state index >= 15 is 0 Å². The quantitative estimate of drug-likeness (QED) is 0.732. The van der Waals surface area contributed by atoms with E-state index in [1.165, 1.54) is 0 Å². The lowest BCUT2D eigenvalue weighted by Gasteiger charge is -2.09. The summed E-state index contributed by atoms with van der Waals surface area (Å²) < 4.78 is 7.21. The zero-order valence-electron chi connectivity index (χ0n) is 12.1. The molecule has 1 unspecified atom stereocenters. The number of hydrogen-bond donors (Lipinski definition) is 0. The smallest absolute Gasteiger partial charge is 0.215 e. The van der Waals surface area contributed by atoms with Gasteiger partial charge in [0.2, 0.25) is 5.88 Å². The fourth-order valence-electron chi connectivity index (χ4n) is 2.26. The van der Waals surface area contributed by atoms with Gasteiger partial charge in [0, 0.05) is 12.0 Å². The van der Waals surface area contributed by atoms with E-state index in [4.69, 9.17) is 4.74 Å². The van der Waals surface area contributed by atoms with Crippen molar-refractivity contribution >= 4 is 16.8 Å². The number of pyridine rings is 1. The van der Waals surface area contributed by atoms with E-state index < -0.39 is 0 Å². The van der Waals surface area contributed by atoms with Crippen LogP contribution >= 0.6 is 0 Å². The summed E-state index contributed by atoms with van der Waals surface area (Å²) in [6.45, 7) is 6.24. The van der Waals surface area contributed by atoms with Crippen LogP contribution < -0.4 is 4.74 Å². The van der Waals surface area contributed by atoms with E-state index in [0.29, 0.717) is 11.8 Å². The molecule has 0 N–H and O–H groups in total. The van der Waals surface area contributed by atoms with Crippen LogP contribution in [0.15, 0.2) is 12.1 Å². The molecule has 0 aromatic carbocycles. The minimum Gasteiger partial charge on any atom is -0.481 e. The van der Waals surface area contributed by atoms with Crippen molar-refractivity contribution in [1.82, 2.24) is 24.6 Å². The molecular weight excluding hydrogens is 254 g/mol. The zero-order valence-corrected chi connectivity index (χ0v) is 12.1. The van der Waals surface area contributed by atoms with Crippen molar-refractivity contribution < 1.29 is 4.74 Å². The van der Waals surface area contributed by atoms with Gasteiger partial charge in [-0.3, -0.25) is 4.40 Å². The number of hydrogen-bond acceptors (Lipinski definition) is 5. The molecule has 0 aliphatic heterocycles. The number of methoxy groups -OCH3 is 1. The summed E-state index contributed by atoms with van der Waals surface area (Å²) in [4.78, 5) is 9.16. The van der Waals surface area contributed by atoms with Crippen molar-refractivity contribution in [3.05, 3.63) is 23.7 Å². The van der Waals surface area contributed by atoms with E-state index in [1.54, 1.807) is 13.2 Å². The minimum atomic E-state index is 0.330. The van der Waals surface area contributed by atoms with Crippen molar-refractivity contribution in [2.24, 2.45) is 0 Å². The van der Waals surface area contributed by atoms with Gasteiger partial charge in [-0.25, -0.2) is 4.98 Å². The Hall–Kier alpha value is -2.24. The average molecular weight is 271 g/mol. The Labute approximate surface area is 116 Å². The fraction of sp³-hybridized carbons (Fsp3) is 0.429. The monoisotopic (exact) mass is 271 g/mol. The van der Waals surface area contributed by atoms with Crippen LogP contribution in [0.1, 0.15) is 37.7 Å². The molecule has 3 heterocycles. The number of aromatic nitrogens is 5. The van der Waals surface area contributed by atoms with Crippen LogP contribution in [-0.2, 0) is 0 Å². The van der Waals surface area contributed by atoms with Crippen LogP contribution in [0, 0.1) is 6.92 Å². The molecule has 0 radical (unpaired) electrons. The van der Waals surface area contributed by atoms with Gasteiger partial charge in [-0.1, -0.05) is 13.8 Å². The van der Waals surface area contributed by atoms with Gasteiger partial charge in [-0.2, -0.15) is 4.98 Å². The minimum absolute atomic E-state index is 0.330. The van der Waals surface area contributed by atoms with Crippen LogP contribution in [0.4, 0.5) is 0 Å². The molecule has 1 atom stereocenters. The van der Waals surface area contributed by atoms with Crippen molar-refractivity contribution in [1.29, 1.82) is 0 Å². The van der Waals surface area contributed by atoms with E-state index in [1.807, 2.05) is 17.4 Å². The van der Waals surface area contributed by atoms with Gasteiger partial charge in [-0.15, -0.1) is 10.2 Å². The molecule has 0 saturated heterocycles. The molecule has 3 aromatic rings. The van der Waals surface area contributed by atoms with Crippen molar-refractivity contribution in [2.45, 2.75) is 33.1 Å². The lowest BCUT2D eigenvalue weighted by molar-refractivity contribution is 0.399. The molecule has 0 aliphatic rings. The Morgan fingerprint density at radius 1 is 1.20 bits per heavy atom. The molecule has 20 heavy (non-hydrogen) atoms. The molecule has 0 aliphatic carbocycles. The number of nitrogens with zero attached hydrogens (tertiary/aromatic N) is 5. The first-order valence-corrected chi connectivity index (χ1v) is 6.72. The van der Waals surface area contributed by atoms with E-state index in [2.05, 4.69) is 34.0 Å². The second-order valence-corrected chi connectivity index (χ2v) is 4.92. The van der Waals surface area contributed by atoms with Gasteiger partial charge in [0.25, 0.3) is 0 Å². The maximum Gasteiger partial charge on any atom is 0.215 e. The fourth-order valence-corrected chi connectivity index (χ4v) is 2.26. The zero-order chi connectivity index (χ0) is 14.3. The normalized spacial score (nSPS) is 13.0. The summed E-state index contributed by atoms with van der Waals surface area (Å²) in [6.07, 6.45) is 1.01. The van der Waals surface area contributed by atoms with Gasteiger partial charge in [0.1, 0.15) is 11.3 Å². The maximum atomic E-state index is 5.21. The van der Waals surface area contributed by atoms with Gasteiger partial charge < -0.3 is 4.74 Å². The van der Waals surface area contributed by atoms with Gasteiger partial charge in [0.15, 0.2) is 11.3 Å². The molecule has 3 rings (SSSR count). The van der Waals surface area contributed by atoms with E-state index in [0.717, 1.165) is 34.8 Å². The molecular formula is C14H17N5O. The molecule has 6 nitrogen and oxygen atoms in total. The van der Waals surface area contributed by atoms with Crippen LogP contribution in [0.25, 0.3) is 16.8 Å². The number of aryl methyl sites for hydroxylation is 1. The standard InChI is InChI=1S/C14H17N5O/c1-5-8(2)12-15-9(3)13-18-17-10-6-7-11(20-4)16-14(10)19(12)13/h6-8H,5H2,1-4H3. The molecule has 0 bridgehead atoms. The third kappa shape index (κ3) is 1.79. The Bertz CT molecular complexity index is 780. The Kier molecular flexibility index (Phi) is 3.00. The predicted octanol–water partition coefficient (Wildman–Crippen LogP) is 2.50. The molecule has 0 spiro atoms. The van der Waals surface area contributed by atoms with Crippen LogP contribution in [0.2, 0.25) is 0 Å². The van der Waals surface area contributed by atoms with Gasteiger partial charge >= 0.3 is 0 Å². The largest absolute Gasteiger partial charge is 0.481 e. The SMILES string of the molecule is CCC(C)c1nc(C)c2nnc3ccc(OC)nc3n12. The van der Waals surface area contributed by atoms with Crippen LogP contribution in [0.3, 0.4) is 0 Å². The third-order valence-electron chi connectivity index (χ3n) is 3.60. The van der Waals surface area contributed by atoms with Crippen molar-refractivity contribution in [2.75, 3.05) is 7.11 Å². The lowest BCUT2D eigenvalue weighted by atomic mass is 10.1. The first-order valence-electron chi connectivity index (χ1n) is 6.72. The highest BCUT2D eigenvalue weighted by Crippen LogP contribution is 2.24. The molecule has 104 valence electrons. The maximum absolute atomic E-state index is 5.21. The summed E-state index contributed by atoms with van der Waals surface area (Å²) in [6, 6.07) is 3.65.